The van der Waals surface area contributed by atoms with Gasteiger partial charge < -0.3 is 10.1 Å². The highest BCUT2D eigenvalue weighted by Gasteiger charge is 2.19. The maximum Gasteiger partial charge on any atom is 0.187 e. The topological polar surface area (TPSA) is 37.4 Å². The Hall–Kier alpha value is -1.66. The second kappa shape index (κ2) is 9.33. The minimum atomic E-state index is -0.339. The second-order valence-corrected chi connectivity index (χ2v) is 7.96. The van der Waals surface area contributed by atoms with Gasteiger partial charge in [0, 0.05) is 30.2 Å². The van der Waals surface area contributed by atoms with Gasteiger partial charge in [-0.3, -0.25) is 4.90 Å². The van der Waals surface area contributed by atoms with E-state index in [2.05, 4.69) is 34.4 Å². The van der Waals surface area contributed by atoms with Gasteiger partial charge in [-0.05, 0) is 37.4 Å². The lowest BCUT2D eigenvalue weighted by Gasteiger charge is -2.12. The molecule has 0 aliphatic carbocycles. The van der Waals surface area contributed by atoms with Crippen molar-refractivity contribution in [3.8, 4) is 5.75 Å². The van der Waals surface area contributed by atoms with Gasteiger partial charge in [0.25, 0.3) is 0 Å². The zero-order valence-corrected chi connectivity index (χ0v) is 16.4. The minimum absolute atomic E-state index is 0.314. The molecule has 1 atom stereocenters. The van der Waals surface area contributed by atoms with Gasteiger partial charge in [-0.25, -0.2) is 9.37 Å². The van der Waals surface area contributed by atoms with Crippen LogP contribution in [-0.2, 0) is 6.54 Å². The number of likely N-dealkylation sites (tertiary alicyclic amines) is 1. The van der Waals surface area contributed by atoms with Crippen molar-refractivity contribution in [2.24, 2.45) is 5.92 Å². The third-order valence-electron chi connectivity index (χ3n) is 4.63. The van der Waals surface area contributed by atoms with Crippen molar-refractivity contribution in [1.82, 2.24) is 9.88 Å². The highest BCUT2D eigenvalue weighted by molar-refractivity contribution is 7.13. The summed E-state index contributed by atoms with van der Waals surface area (Å²) < 4.78 is 19.7. The van der Waals surface area contributed by atoms with Crippen LogP contribution in [0, 0.1) is 11.7 Å². The molecule has 0 saturated carbocycles. The Morgan fingerprint density at radius 1 is 1.38 bits per heavy atom. The summed E-state index contributed by atoms with van der Waals surface area (Å²) in [6.45, 7) is 8.16. The molecule has 0 radical (unpaired) electrons. The molecule has 26 heavy (non-hydrogen) atoms. The third kappa shape index (κ3) is 5.42. The average molecular weight is 378 g/mol. The van der Waals surface area contributed by atoms with Gasteiger partial charge in [0.05, 0.1) is 12.3 Å². The van der Waals surface area contributed by atoms with Gasteiger partial charge in [-0.1, -0.05) is 26.7 Å². The van der Waals surface area contributed by atoms with Crippen LogP contribution >= 0.6 is 11.3 Å². The van der Waals surface area contributed by atoms with Gasteiger partial charge >= 0.3 is 0 Å². The smallest absolute Gasteiger partial charge is 0.187 e. The van der Waals surface area contributed by atoms with Crippen molar-refractivity contribution in [1.29, 1.82) is 0 Å². The van der Waals surface area contributed by atoms with Gasteiger partial charge in [0.1, 0.15) is 0 Å². The maximum absolute atomic E-state index is 14.2. The molecule has 1 aliphatic rings. The van der Waals surface area contributed by atoms with Crippen LogP contribution in [0.15, 0.2) is 23.6 Å². The Labute approximate surface area is 159 Å². The molecule has 142 valence electrons. The van der Waals surface area contributed by atoms with E-state index in [1.165, 1.54) is 12.5 Å². The lowest BCUT2D eigenvalue weighted by atomic mass is 10.2. The van der Waals surface area contributed by atoms with Crippen LogP contribution in [0.1, 0.15) is 45.2 Å². The van der Waals surface area contributed by atoms with E-state index in [0.717, 1.165) is 55.6 Å². The van der Waals surface area contributed by atoms with Crippen LogP contribution in [0.4, 0.5) is 15.2 Å². The van der Waals surface area contributed by atoms with Crippen LogP contribution in [0.25, 0.3) is 0 Å². The first-order valence-electron chi connectivity index (χ1n) is 9.50. The highest BCUT2D eigenvalue weighted by Crippen LogP contribution is 2.26. The first-order valence-corrected chi connectivity index (χ1v) is 10.4. The first-order chi connectivity index (χ1) is 12.6. The molecule has 0 bridgehead atoms. The maximum atomic E-state index is 14.2. The van der Waals surface area contributed by atoms with Gasteiger partial charge in [0.2, 0.25) is 0 Å². The number of ether oxygens (including phenoxy) is 1. The van der Waals surface area contributed by atoms with E-state index >= 15 is 0 Å². The molecular formula is C20H28FN3OS. The van der Waals surface area contributed by atoms with Crippen LogP contribution in [0.3, 0.4) is 0 Å². The van der Waals surface area contributed by atoms with Crippen LogP contribution in [-0.4, -0.2) is 29.6 Å². The Bertz CT molecular complexity index is 706. The summed E-state index contributed by atoms with van der Waals surface area (Å²) in [6.07, 6.45) is 4.44. The van der Waals surface area contributed by atoms with Crippen molar-refractivity contribution in [2.75, 3.05) is 25.0 Å². The summed E-state index contributed by atoms with van der Waals surface area (Å²) in [5.74, 6) is 0.751. The van der Waals surface area contributed by atoms with Crippen molar-refractivity contribution >= 4 is 22.2 Å². The fourth-order valence-electron chi connectivity index (χ4n) is 3.19. The SMILES string of the molecule is CCCCCOc1ccc(Nc2nc(CN3CCC(C)C3)cs2)cc1F. The fourth-order valence-corrected chi connectivity index (χ4v) is 3.91. The zero-order valence-electron chi connectivity index (χ0n) is 15.6. The number of unbranched alkanes of at least 4 members (excludes halogenated alkanes) is 2. The molecule has 1 aromatic heterocycles. The quantitative estimate of drug-likeness (QED) is 0.591. The van der Waals surface area contributed by atoms with Crippen LogP contribution in [0.2, 0.25) is 0 Å². The Balaban J connectivity index is 1.53. The molecule has 4 nitrogen and oxygen atoms in total. The van der Waals surface area contributed by atoms with E-state index in [-0.39, 0.29) is 5.82 Å². The van der Waals surface area contributed by atoms with Crippen molar-refractivity contribution in [2.45, 2.75) is 46.1 Å². The lowest BCUT2D eigenvalue weighted by Crippen LogP contribution is -2.19. The predicted molar refractivity (Wildman–Crippen MR) is 106 cm³/mol. The van der Waals surface area contributed by atoms with Crippen LogP contribution in [0.5, 0.6) is 5.75 Å². The normalized spacial score (nSPS) is 17.6. The molecule has 0 spiro atoms. The van der Waals surface area contributed by atoms with Gasteiger partial charge in [-0.15, -0.1) is 11.3 Å². The monoisotopic (exact) mass is 377 g/mol. The molecule has 2 heterocycles. The van der Waals surface area contributed by atoms with Crippen LogP contribution < -0.4 is 10.1 Å². The first kappa shape index (κ1) is 19.1. The number of thiazole rings is 1. The summed E-state index contributed by atoms with van der Waals surface area (Å²) in [7, 11) is 0. The number of hydrogen-bond donors (Lipinski definition) is 1. The minimum Gasteiger partial charge on any atom is -0.491 e. The van der Waals surface area contributed by atoms with E-state index in [4.69, 9.17) is 4.74 Å². The molecule has 1 fully saturated rings. The number of nitrogens with zero attached hydrogens (tertiary/aromatic N) is 2. The van der Waals surface area contributed by atoms with E-state index < -0.39 is 0 Å². The Kier molecular flexibility index (Phi) is 6.86. The largest absolute Gasteiger partial charge is 0.491 e. The third-order valence-corrected chi connectivity index (χ3v) is 5.44. The molecule has 1 aliphatic heterocycles. The number of nitrogens with one attached hydrogen (secondary N) is 1. The van der Waals surface area contributed by atoms with Crippen molar-refractivity contribution < 1.29 is 9.13 Å². The number of benzene rings is 1. The van der Waals surface area contributed by atoms with Gasteiger partial charge in [-0.2, -0.15) is 0 Å². The zero-order chi connectivity index (χ0) is 18.4. The summed E-state index contributed by atoms with van der Waals surface area (Å²) in [5.41, 5.74) is 1.77. The molecule has 1 saturated heterocycles. The Morgan fingerprint density at radius 2 is 2.27 bits per heavy atom. The molecule has 1 unspecified atom stereocenters. The second-order valence-electron chi connectivity index (χ2n) is 7.10. The molecule has 0 amide bonds. The lowest BCUT2D eigenvalue weighted by molar-refractivity contribution is 0.291. The summed E-state index contributed by atoms with van der Waals surface area (Å²) in [4.78, 5) is 7.07. The highest BCUT2D eigenvalue weighted by atomic mass is 32.1. The number of halogens is 1. The molecular weight excluding hydrogens is 349 g/mol. The van der Waals surface area contributed by atoms with Crippen molar-refractivity contribution in [3.05, 3.63) is 35.1 Å². The number of rotatable bonds is 9. The molecule has 2 aromatic rings. The number of hydrogen-bond acceptors (Lipinski definition) is 5. The van der Waals surface area contributed by atoms with Crippen molar-refractivity contribution in [3.63, 3.8) is 0 Å². The molecule has 3 rings (SSSR count). The van der Waals surface area contributed by atoms with E-state index in [0.29, 0.717) is 18.0 Å². The molecule has 1 aromatic carbocycles. The number of anilines is 2. The van der Waals surface area contributed by atoms with E-state index in [9.17, 15) is 4.39 Å². The molecule has 1 N–H and O–H groups in total. The Morgan fingerprint density at radius 3 is 3.00 bits per heavy atom. The van der Waals surface area contributed by atoms with E-state index in [1.54, 1.807) is 17.4 Å². The summed E-state index contributed by atoms with van der Waals surface area (Å²) >= 11 is 1.56. The van der Waals surface area contributed by atoms with Gasteiger partial charge in [0.15, 0.2) is 16.7 Å². The fraction of sp³-hybridized carbons (Fsp3) is 0.550. The van der Waals surface area contributed by atoms with E-state index in [1.807, 2.05) is 6.07 Å². The standard InChI is InChI=1S/C20H28FN3OS/c1-3-4-5-10-25-19-7-6-16(11-18(19)21)22-20-23-17(14-26-20)13-24-9-8-15(2)12-24/h6-7,11,14-15H,3-5,8-10,12-13H2,1-2H3,(H,22,23). The summed E-state index contributed by atoms with van der Waals surface area (Å²) in [5, 5.41) is 6.07. The number of aromatic nitrogens is 1. The average Bonchev–Trinajstić information content (AvgIpc) is 3.22. The predicted octanol–water partition coefficient (Wildman–Crippen LogP) is 5.44. The summed E-state index contributed by atoms with van der Waals surface area (Å²) in [6, 6.07) is 4.99. The molecule has 6 heteroatoms.